The van der Waals surface area contributed by atoms with Gasteiger partial charge in [0.25, 0.3) is 5.91 Å². The van der Waals surface area contributed by atoms with Crippen LogP contribution in [0.5, 0.6) is 0 Å². The van der Waals surface area contributed by atoms with Gasteiger partial charge in [0.1, 0.15) is 5.15 Å². The normalized spacial score (nSPS) is 22.1. The summed E-state index contributed by atoms with van der Waals surface area (Å²) in [5.74, 6) is -1.02. The second-order valence-corrected chi connectivity index (χ2v) is 5.62. The van der Waals surface area contributed by atoms with E-state index in [0.717, 1.165) is 0 Å². The van der Waals surface area contributed by atoms with Crippen molar-refractivity contribution in [1.82, 2.24) is 9.88 Å². The van der Waals surface area contributed by atoms with Crippen LogP contribution >= 0.6 is 11.6 Å². The predicted molar refractivity (Wildman–Crippen MR) is 74.9 cm³/mol. The van der Waals surface area contributed by atoms with Gasteiger partial charge in [-0.2, -0.15) is 0 Å². The molecular formula is C14H17ClN2O3. The molecule has 0 saturated carbocycles. The minimum atomic E-state index is -0.834. The van der Waals surface area contributed by atoms with Crippen molar-refractivity contribution in [3.8, 4) is 0 Å². The summed E-state index contributed by atoms with van der Waals surface area (Å²) in [5.41, 5.74) is 0.307. The van der Waals surface area contributed by atoms with Crippen molar-refractivity contribution in [2.45, 2.75) is 26.7 Å². The largest absolute Gasteiger partial charge is 0.481 e. The average Bonchev–Trinajstić information content (AvgIpc) is 2.82. The van der Waals surface area contributed by atoms with Crippen LogP contribution in [0, 0.1) is 12.3 Å². The molecule has 0 spiro atoms. The molecule has 0 bridgehead atoms. The number of carbonyl (C=O) groups is 2. The molecule has 6 heteroatoms. The van der Waals surface area contributed by atoms with Gasteiger partial charge in [-0.25, -0.2) is 4.98 Å². The Labute approximate surface area is 122 Å². The highest BCUT2D eigenvalue weighted by atomic mass is 35.5. The van der Waals surface area contributed by atoms with E-state index in [4.69, 9.17) is 11.6 Å². The molecule has 1 N–H and O–H groups in total. The van der Waals surface area contributed by atoms with Crippen LogP contribution in [0.4, 0.5) is 0 Å². The number of aromatic nitrogens is 1. The zero-order valence-corrected chi connectivity index (χ0v) is 12.3. The highest BCUT2D eigenvalue weighted by molar-refractivity contribution is 6.29. The lowest BCUT2D eigenvalue weighted by atomic mass is 9.84. The Kier molecular flexibility index (Phi) is 3.99. The number of nitrogens with zero attached hydrogens (tertiary/aromatic N) is 2. The standard InChI is InChI=1S/C14H17ClN2O3/c1-3-14(13(19)20)4-5-17(8-14)12(18)10-6-9(2)16-11(15)7-10/h6-7H,3-5,8H2,1-2H3,(H,19,20). The molecule has 2 heterocycles. The summed E-state index contributed by atoms with van der Waals surface area (Å²) < 4.78 is 0. The number of aliphatic carboxylic acids is 1. The van der Waals surface area contributed by atoms with Crippen molar-refractivity contribution in [3.63, 3.8) is 0 Å². The van der Waals surface area contributed by atoms with E-state index < -0.39 is 11.4 Å². The van der Waals surface area contributed by atoms with E-state index in [-0.39, 0.29) is 17.6 Å². The lowest BCUT2D eigenvalue weighted by molar-refractivity contribution is -0.148. The first-order valence-electron chi connectivity index (χ1n) is 6.55. The fraction of sp³-hybridized carbons (Fsp3) is 0.500. The number of rotatable bonds is 3. The lowest BCUT2D eigenvalue weighted by Gasteiger charge is -2.23. The monoisotopic (exact) mass is 296 g/mol. The lowest BCUT2D eigenvalue weighted by Crippen LogP contribution is -2.36. The van der Waals surface area contributed by atoms with Crippen molar-refractivity contribution in [3.05, 3.63) is 28.5 Å². The van der Waals surface area contributed by atoms with Crippen molar-refractivity contribution in [1.29, 1.82) is 0 Å². The summed E-state index contributed by atoms with van der Waals surface area (Å²) in [5, 5.41) is 9.62. The Morgan fingerprint density at radius 1 is 1.50 bits per heavy atom. The first-order valence-corrected chi connectivity index (χ1v) is 6.92. The zero-order valence-electron chi connectivity index (χ0n) is 11.5. The number of halogens is 1. The van der Waals surface area contributed by atoms with Crippen LogP contribution in [-0.2, 0) is 4.79 Å². The molecule has 1 saturated heterocycles. The summed E-state index contributed by atoms with van der Waals surface area (Å²) in [6.45, 7) is 4.31. The maximum absolute atomic E-state index is 12.4. The average molecular weight is 297 g/mol. The number of likely N-dealkylation sites (tertiary alicyclic amines) is 1. The highest BCUT2D eigenvalue weighted by Crippen LogP contribution is 2.35. The van der Waals surface area contributed by atoms with E-state index in [9.17, 15) is 14.7 Å². The third kappa shape index (κ3) is 2.63. The second kappa shape index (κ2) is 5.40. The molecule has 1 amide bonds. The zero-order chi connectivity index (χ0) is 14.9. The van der Waals surface area contributed by atoms with E-state index in [1.807, 2.05) is 6.92 Å². The Morgan fingerprint density at radius 3 is 2.70 bits per heavy atom. The van der Waals surface area contributed by atoms with Gasteiger partial charge >= 0.3 is 5.97 Å². The Balaban J connectivity index is 2.21. The molecule has 1 aromatic rings. The Hall–Kier alpha value is -1.62. The van der Waals surface area contributed by atoms with Crippen LogP contribution in [0.25, 0.3) is 0 Å². The summed E-state index contributed by atoms with van der Waals surface area (Å²) in [7, 11) is 0. The number of carboxylic acid groups (broad SMARTS) is 1. The fourth-order valence-corrected chi connectivity index (χ4v) is 2.85. The van der Waals surface area contributed by atoms with Crippen molar-refractivity contribution < 1.29 is 14.7 Å². The number of hydrogen-bond acceptors (Lipinski definition) is 3. The van der Waals surface area contributed by atoms with Crippen LogP contribution < -0.4 is 0 Å². The first-order chi connectivity index (χ1) is 9.38. The third-order valence-corrected chi connectivity index (χ3v) is 4.13. The minimum Gasteiger partial charge on any atom is -0.481 e. The third-order valence-electron chi connectivity index (χ3n) is 3.94. The van der Waals surface area contributed by atoms with Crippen LogP contribution in [0.3, 0.4) is 0 Å². The maximum Gasteiger partial charge on any atom is 0.311 e. The molecule has 0 aromatic carbocycles. The molecule has 1 atom stereocenters. The molecule has 20 heavy (non-hydrogen) atoms. The molecule has 1 aromatic heterocycles. The van der Waals surface area contributed by atoms with Gasteiger partial charge in [0.05, 0.1) is 5.41 Å². The number of pyridine rings is 1. The molecule has 1 unspecified atom stereocenters. The maximum atomic E-state index is 12.4. The van der Waals surface area contributed by atoms with Gasteiger partial charge < -0.3 is 10.0 Å². The van der Waals surface area contributed by atoms with Gasteiger partial charge in [-0.15, -0.1) is 0 Å². The molecule has 108 valence electrons. The van der Waals surface area contributed by atoms with E-state index in [1.54, 1.807) is 17.9 Å². The van der Waals surface area contributed by atoms with Gasteiger partial charge in [-0.1, -0.05) is 18.5 Å². The number of carbonyl (C=O) groups excluding carboxylic acids is 1. The molecule has 2 rings (SSSR count). The van der Waals surface area contributed by atoms with Gasteiger partial charge in [0, 0.05) is 24.3 Å². The fourth-order valence-electron chi connectivity index (χ4n) is 2.59. The molecule has 0 aliphatic carbocycles. The van der Waals surface area contributed by atoms with E-state index in [0.29, 0.717) is 30.6 Å². The minimum absolute atomic E-state index is 0.186. The number of carboxylic acids is 1. The molecule has 1 aliphatic rings. The highest BCUT2D eigenvalue weighted by Gasteiger charge is 2.44. The van der Waals surface area contributed by atoms with Crippen molar-refractivity contribution in [2.75, 3.05) is 13.1 Å². The summed E-state index contributed by atoms with van der Waals surface area (Å²) in [4.78, 5) is 29.4. The van der Waals surface area contributed by atoms with E-state index in [2.05, 4.69) is 4.98 Å². The summed E-state index contributed by atoms with van der Waals surface area (Å²) in [6.07, 6.45) is 1.00. The molecule has 5 nitrogen and oxygen atoms in total. The van der Waals surface area contributed by atoms with Gasteiger partial charge in [-0.05, 0) is 31.9 Å². The number of amides is 1. The van der Waals surface area contributed by atoms with Gasteiger partial charge in [0.15, 0.2) is 0 Å². The molecule has 1 aliphatic heterocycles. The van der Waals surface area contributed by atoms with Crippen LogP contribution in [0.2, 0.25) is 5.15 Å². The first kappa shape index (κ1) is 14.8. The number of hydrogen-bond donors (Lipinski definition) is 1. The predicted octanol–water partition coefficient (Wildman–Crippen LogP) is 2.37. The van der Waals surface area contributed by atoms with E-state index >= 15 is 0 Å². The van der Waals surface area contributed by atoms with Crippen molar-refractivity contribution in [2.24, 2.45) is 5.41 Å². The summed E-state index contributed by atoms with van der Waals surface area (Å²) >= 11 is 5.86. The molecule has 0 radical (unpaired) electrons. The Bertz CT molecular complexity index is 541. The van der Waals surface area contributed by atoms with Crippen LogP contribution in [0.1, 0.15) is 35.8 Å². The van der Waals surface area contributed by atoms with E-state index in [1.165, 1.54) is 6.07 Å². The Morgan fingerprint density at radius 2 is 2.20 bits per heavy atom. The molecule has 1 fully saturated rings. The smallest absolute Gasteiger partial charge is 0.311 e. The topological polar surface area (TPSA) is 70.5 Å². The van der Waals surface area contributed by atoms with Crippen LogP contribution in [0.15, 0.2) is 12.1 Å². The molecular weight excluding hydrogens is 280 g/mol. The van der Waals surface area contributed by atoms with Gasteiger partial charge in [-0.3, -0.25) is 9.59 Å². The van der Waals surface area contributed by atoms with Gasteiger partial charge in [0.2, 0.25) is 0 Å². The van der Waals surface area contributed by atoms with Crippen molar-refractivity contribution >= 4 is 23.5 Å². The number of aryl methyl sites for hydroxylation is 1. The second-order valence-electron chi connectivity index (χ2n) is 5.24. The summed E-state index contributed by atoms with van der Waals surface area (Å²) in [6, 6.07) is 3.19. The quantitative estimate of drug-likeness (QED) is 0.869. The SMILES string of the molecule is CCC1(C(=O)O)CCN(C(=O)c2cc(C)nc(Cl)c2)C1. The van der Waals surface area contributed by atoms with Crippen LogP contribution in [-0.4, -0.2) is 40.0 Å².